The van der Waals surface area contributed by atoms with Crippen molar-refractivity contribution in [1.29, 1.82) is 0 Å². The molecule has 134 valence electrons. The molecule has 0 spiro atoms. The van der Waals surface area contributed by atoms with Crippen molar-refractivity contribution in [3.63, 3.8) is 0 Å². The van der Waals surface area contributed by atoms with Gasteiger partial charge in [-0.1, -0.05) is 53.7 Å². The lowest BCUT2D eigenvalue weighted by molar-refractivity contribution is -0.117. The fraction of sp³-hybridized carbons (Fsp3) is 0. The number of halogens is 1. The van der Waals surface area contributed by atoms with E-state index in [1.807, 2.05) is 24.3 Å². The topological polar surface area (TPSA) is 62.6 Å². The fourth-order valence-electron chi connectivity index (χ4n) is 2.56. The van der Waals surface area contributed by atoms with Crippen LogP contribution in [0.1, 0.15) is 5.76 Å². The van der Waals surface area contributed by atoms with Gasteiger partial charge in [0.2, 0.25) is 0 Å². The van der Waals surface area contributed by atoms with Crippen molar-refractivity contribution in [2.45, 2.75) is 9.99 Å². The van der Waals surface area contributed by atoms with Crippen LogP contribution in [0.15, 0.2) is 86.7 Å². The molecule has 0 unspecified atom stereocenters. The second kappa shape index (κ2) is 7.34. The predicted octanol–water partition coefficient (Wildman–Crippen LogP) is 4.55. The molecule has 4 rings (SSSR count). The summed E-state index contributed by atoms with van der Waals surface area (Å²) in [4.78, 5) is 25.6. The Morgan fingerprint density at radius 3 is 2.48 bits per heavy atom. The molecule has 7 heteroatoms. The Morgan fingerprint density at radius 1 is 0.963 bits per heavy atom. The number of para-hydroxylation sites is 1. The van der Waals surface area contributed by atoms with Crippen molar-refractivity contribution < 1.29 is 14.0 Å². The SMILES string of the molecule is O=C1NN(c2ccccc2)C(=O)/C1=C/c1ccc(Sc2ccccc2Cl)o1. The highest BCUT2D eigenvalue weighted by Crippen LogP contribution is 2.34. The van der Waals surface area contributed by atoms with Gasteiger partial charge >= 0.3 is 0 Å². The lowest BCUT2D eigenvalue weighted by Gasteiger charge is -2.13. The zero-order valence-electron chi connectivity index (χ0n) is 13.9. The quantitative estimate of drug-likeness (QED) is 0.519. The van der Waals surface area contributed by atoms with Gasteiger partial charge in [-0.3, -0.25) is 15.0 Å². The van der Waals surface area contributed by atoms with Gasteiger partial charge in [0.05, 0.1) is 10.7 Å². The molecule has 2 amide bonds. The molecule has 1 saturated heterocycles. The molecule has 2 heterocycles. The molecule has 1 fully saturated rings. The molecule has 3 aromatic rings. The van der Waals surface area contributed by atoms with Crippen LogP contribution in [0.4, 0.5) is 5.69 Å². The number of carbonyl (C=O) groups is 2. The minimum Gasteiger partial charge on any atom is -0.450 e. The van der Waals surface area contributed by atoms with Gasteiger partial charge in [-0.2, -0.15) is 0 Å². The first-order valence-electron chi connectivity index (χ1n) is 8.06. The Hall–Kier alpha value is -2.96. The normalized spacial score (nSPS) is 15.4. The van der Waals surface area contributed by atoms with E-state index in [-0.39, 0.29) is 5.57 Å². The molecule has 27 heavy (non-hydrogen) atoms. The molecule has 0 aliphatic carbocycles. The second-order valence-corrected chi connectivity index (χ2v) is 7.12. The second-order valence-electron chi connectivity index (χ2n) is 5.66. The van der Waals surface area contributed by atoms with E-state index in [4.69, 9.17) is 16.0 Å². The molecule has 0 radical (unpaired) electrons. The molecular weight excluding hydrogens is 384 g/mol. The highest BCUT2D eigenvalue weighted by atomic mass is 35.5. The van der Waals surface area contributed by atoms with Crippen molar-refractivity contribution in [3.05, 3.63) is 83.1 Å². The van der Waals surface area contributed by atoms with Gasteiger partial charge in [0.15, 0.2) is 5.09 Å². The highest BCUT2D eigenvalue weighted by Gasteiger charge is 2.34. The van der Waals surface area contributed by atoms with Crippen LogP contribution in [0.2, 0.25) is 5.02 Å². The average molecular weight is 397 g/mol. The Kier molecular flexibility index (Phi) is 4.75. The van der Waals surface area contributed by atoms with E-state index in [0.717, 1.165) is 4.90 Å². The number of benzene rings is 2. The smallest absolute Gasteiger partial charge is 0.282 e. The summed E-state index contributed by atoms with van der Waals surface area (Å²) in [6.45, 7) is 0. The average Bonchev–Trinajstić information content (AvgIpc) is 3.24. The zero-order valence-corrected chi connectivity index (χ0v) is 15.5. The van der Waals surface area contributed by atoms with Crippen molar-refractivity contribution in [2.75, 3.05) is 5.01 Å². The predicted molar refractivity (Wildman–Crippen MR) is 104 cm³/mol. The van der Waals surface area contributed by atoms with Gasteiger partial charge in [0.25, 0.3) is 11.8 Å². The van der Waals surface area contributed by atoms with Crippen LogP contribution in [0.5, 0.6) is 0 Å². The Bertz CT molecular complexity index is 1050. The summed E-state index contributed by atoms with van der Waals surface area (Å²) in [6.07, 6.45) is 1.44. The van der Waals surface area contributed by atoms with Gasteiger partial charge in [0.1, 0.15) is 11.3 Å². The summed E-state index contributed by atoms with van der Waals surface area (Å²) in [5.41, 5.74) is 3.16. The van der Waals surface area contributed by atoms with Crippen LogP contribution >= 0.6 is 23.4 Å². The summed E-state index contributed by atoms with van der Waals surface area (Å²) < 4.78 is 5.72. The van der Waals surface area contributed by atoms with E-state index in [1.54, 1.807) is 42.5 Å². The molecule has 1 aliphatic heterocycles. The van der Waals surface area contributed by atoms with Crippen molar-refractivity contribution in [3.8, 4) is 0 Å². The molecule has 0 atom stereocenters. The standard InChI is InChI=1S/C20H13ClN2O3S/c21-16-8-4-5-9-17(16)27-18-11-10-14(26-18)12-15-19(24)22-23(20(15)25)13-6-2-1-3-7-13/h1-12H,(H,22,24)/b15-12+. The van der Waals surface area contributed by atoms with Gasteiger partial charge in [-0.15, -0.1) is 0 Å². The number of carbonyl (C=O) groups excluding carboxylic acids is 2. The summed E-state index contributed by atoms with van der Waals surface area (Å²) in [6, 6.07) is 19.8. The maximum Gasteiger partial charge on any atom is 0.282 e. The molecule has 1 aliphatic rings. The highest BCUT2D eigenvalue weighted by molar-refractivity contribution is 7.99. The van der Waals surface area contributed by atoms with E-state index in [0.29, 0.717) is 21.6 Å². The minimum atomic E-state index is -0.472. The molecule has 2 aromatic carbocycles. The summed E-state index contributed by atoms with van der Waals surface area (Å²) in [5.74, 6) is -0.485. The van der Waals surface area contributed by atoms with Crippen LogP contribution in [-0.2, 0) is 9.59 Å². The number of hydrogen-bond donors (Lipinski definition) is 1. The van der Waals surface area contributed by atoms with Gasteiger partial charge in [-0.05, 0) is 42.5 Å². The number of furan rings is 1. The Morgan fingerprint density at radius 2 is 1.70 bits per heavy atom. The van der Waals surface area contributed by atoms with E-state index in [9.17, 15) is 9.59 Å². The zero-order chi connectivity index (χ0) is 18.8. The van der Waals surface area contributed by atoms with Gasteiger partial charge < -0.3 is 4.42 Å². The molecule has 0 bridgehead atoms. The van der Waals surface area contributed by atoms with E-state index >= 15 is 0 Å². The Labute approximate surface area is 164 Å². The number of nitrogens with zero attached hydrogens (tertiary/aromatic N) is 1. The monoisotopic (exact) mass is 396 g/mol. The molecular formula is C20H13ClN2O3S. The lowest BCUT2D eigenvalue weighted by atomic mass is 10.2. The summed E-state index contributed by atoms with van der Waals surface area (Å²) >= 11 is 7.52. The fourth-order valence-corrected chi connectivity index (χ4v) is 3.62. The van der Waals surface area contributed by atoms with Crippen molar-refractivity contribution in [1.82, 2.24) is 5.43 Å². The van der Waals surface area contributed by atoms with Gasteiger partial charge in [-0.25, -0.2) is 5.01 Å². The number of anilines is 1. The first-order chi connectivity index (χ1) is 13.1. The Balaban J connectivity index is 1.55. The largest absolute Gasteiger partial charge is 0.450 e. The third-order valence-corrected chi connectivity index (χ3v) is 5.28. The van der Waals surface area contributed by atoms with Crippen molar-refractivity contribution >= 4 is 46.9 Å². The van der Waals surface area contributed by atoms with E-state index < -0.39 is 11.8 Å². The lowest BCUT2D eigenvalue weighted by Crippen LogP contribution is -2.35. The van der Waals surface area contributed by atoms with Gasteiger partial charge in [0, 0.05) is 4.90 Å². The number of hydrogen-bond acceptors (Lipinski definition) is 4. The molecule has 1 N–H and O–H groups in total. The number of rotatable bonds is 4. The molecule has 1 aromatic heterocycles. The van der Waals surface area contributed by atoms with Crippen LogP contribution < -0.4 is 10.4 Å². The number of amides is 2. The number of nitrogens with one attached hydrogen (secondary N) is 1. The first kappa shape index (κ1) is 17.5. The molecule has 0 saturated carbocycles. The summed E-state index contributed by atoms with van der Waals surface area (Å²) in [7, 11) is 0. The third-order valence-electron chi connectivity index (χ3n) is 3.84. The van der Waals surface area contributed by atoms with E-state index in [1.165, 1.54) is 22.8 Å². The van der Waals surface area contributed by atoms with Crippen molar-refractivity contribution in [2.24, 2.45) is 0 Å². The van der Waals surface area contributed by atoms with Crippen LogP contribution in [0.3, 0.4) is 0 Å². The van der Waals surface area contributed by atoms with E-state index in [2.05, 4.69) is 5.43 Å². The number of hydrazine groups is 1. The maximum absolute atomic E-state index is 12.6. The van der Waals surface area contributed by atoms with Crippen LogP contribution in [0, 0.1) is 0 Å². The third kappa shape index (κ3) is 3.63. The molecule has 5 nitrogen and oxygen atoms in total. The minimum absolute atomic E-state index is 0.0162. The van der Waals surface area contributed by atoms with Crippen LogP contribution in [0.25, 0.3) is 6.08 Å². The van der Waals surface area contributed by atoms with Crippen LogP contribution in [-0.4, -0.2) is 11.8 Å². The maximum atomic E-state index is 12.6. The summed E-state index contributed by atoms with van der Waals surface area (Å²) in [5, 5.41) is 2.46. The first-order valence-corrected chi connectivity index (χ1v) is 9.26.